The van der Waals surface area contributed by atoms with Gasteiger partial charge in [-0.05, 0) is 25.0 Å². The lowest BCUT2D eigenvalue weighted by molar-refractivity contribution is -0.132. The highest BCUT2D eigenvalue weighted by molar-refractivity contribution is 6.31. The average Bonchev–Trinajstić information content (AvgIpc) is 2.37. The van der Waals surface area contributed by atoms with Crippen LogP contribution in [0.25, 0.3) is 0 Å². The van der Waals surface area contributed by atoms with Crippen LogP contribution in [-0.4, -0.2) is 23.4 Å². The largest absolute Gasteiger partial charge is 0.339 e. The summed E-state index contributed by atoms with van der Waals surface area (Å²) in [6.07, 6.45) is 2.30. The molecule has 4 heteroatoms. The first-order valence-corrected chi connectivity index (χ1v) is 7.23. The summed E-state index contributed by atoms with van der Waals surface area (Å²) in [5.41, 5.74) is 6.90. The van der Waals surface area contributed by atoms with Gasteiger partial charge in [0.1, 0.15) is 0 Å². The summed E-state index contributed by atoms with van der Waals surface area (Å²) in [7, 11) is 0. The molecule has 0 aromatic heterocycles. The summed E-state index contributed by atoms with van der Waals surface area (Å²) in [4.78, 5) is 14.0. The zero-order chi connectivity index (χ0) is 14.3. The highest BCUT2D eigenvalue weighted by atomic mass is 35.5. The van der Waals surface area contributed by atoms with Crippen molar-refractivity contribution in [3.63, 3.8) is 0 Å². The minimum absolute atomic E-state index is 0.0437. The van der Waals surface area contributed by atoms with Crippen LogP contribution in [-0.2, 0) is 11.3 Å². The van der Waals surface area contributed by atoms with E-state index in [9.17, 15) is 4.79 Å². The molecule has 0 saturated carbocycles. The summed E-state index contributed by atoms with van der Waals surface area (Å²) in [5.74, 6) is 0.100. The van der Waals surface area contributed by atoms with Gasteiger partial charge >= 0.3 is 0 Å². The number of hydrogen-bond acceptors (Lipinski definition) is 2. The zero-order valence-corrected chi connectivity index (χ0v) is 12.5. The van der Waals surface area contributed by atoms with Crippen LogP contribution in [0.5, 0.6) is 0 Å². The minimum atomic E-state index is -0.0437. The van der Waals surface area contributed by atoms with Crippen LogP contribution in [0.3, 0.4) is 0 Å². The van der Waals surface area contributed by atoms with Crippen molar-refractivity contribution >= 4 is 17.5 Å². The molecule has 1 aromatic carbocycles. The van der Waals surface area contributed by atoms with E-state index in [0.717, 1.165) is 18.4 Å². The Hall–Kier alpha value is -1.06. The number of rotatable bonds is 7. The maximum atomic E-state index is 12.2. The van der Waals surface area contributed by atoms with E-state index < -0.39 is 0 Å². The first-order valence-electron chi connectivity index (χ1n) is 6.85. The maximum Gasteiger partial charge on any atom is 0.224 e. The van der Waals surface area contributed by atoms with Gasteiger partial charge in [-0.1, -0.05) is 43.1 Å². The van der Waals surface area contributed by atoms with Crippen molar-refractivity contribution in [2.24, 2.45) is 5.73 Å². The molecule has 0 heterocycles. The van der Waals surface area contributed by atoms with Crippen LogP contribution < -0.4 is 5.73 Å². The van der Waals surface area contributed by atoms with Gasteiger partial charge < -0.3 is 10.6 Å². The van der Waals surface area contributed by atoms with Crippen molar-refractivity contribution in [1.82, 2.24) is 4.90 Å². The molecular formula is C15H23ClN2O. The fourth-order valence-electron chi connectivity index (χ4n) is 2.03. The molecule has 0 spiro atoms. The minimum Gasteiger partial charge on any atom is -0.339 e. The molecule has 0 aliphatic carbocycles. The predicted octanol–water partition coefficient (Wildman–Crippen LogP) is 3.21. The molecule has 0 aliphatic heterocycles. The second-order valence-electron chi connectivity index (χ2n) is 4.75. The highest BCUT2D eigenvalue weighted by Crippen LogP contribution is 2.17. The van der Waals surface area contributed by atoms with Gasteiger partial charge in [-0.25, -0.2) is 0 Å². The monoisotopic (exact) mass is 282 g/mol. The Labute approximate surface area is 120 Å². The third kappa shape index (κ3) is 5.21. The Morgan fingerprint density at radius 1 is 1.37 bits per heavy atom. The van der Waals surface area contributed by atoms with E-state index in [0.29, 0.717) is 24.5 Å². The molecule has 2 N–H and O–H groups in total. The van der Waals surface area contributed by atoms with E-state index in [2.05, 4.69) is 6.92 Å². The summed E-state index contributed by atoms with van der Waals surface area (Å²) >= 11 is 6.12. The lowest BCUT2D eigenvalue weighted by Gasteiger charge is -2.23. The van der Waals surface area contributed by atoms with Crippen molar-refractivity contribution in [2.75, 3.05) is 6.54 Å². The first kappa shape index (κ1) is 16.0. The summed E-state index contributed by atoms with van der Waals surface area (Å²) in [5, 5.41) is 0.701. The molecular weight excluding hydrogens is 260 g/mol. The van der Waals surface area contributed by atoms with Gasteiger partial charge in [0.2, 0.25) is 5.91 Å². The van der Waals surface area contributed by atoms with E-state index in [1.165, 1.54) is 0 Å². The van der Waals surface area contributed by atoms with Crippen molar-refractivity contribution < 1.29 is 4.79 Å². The van der Waals surface area contributed by atoms with Crippen LogP contribution >= 0.6 is 11.6 Å². The Bertz CT molecular complexity index is 409. The standard InChI is InChI=1S/C15H23ClN2O/c1-3-7-13(17)10-15(19)18(4-2)11-12-8-5-6-9-14(12)16/h5-6,8-9,13H,3-4,7,10-11,17H2,1-2H3. The lowest BCUT2D eigenvalue weighted by atomic mass is 10.1. The normalized spacial score (nSPS) is 12.2. The summed E-state index contributed by atoms with van der Waals surface area (Å²) in [6.45, 7) is 5.27. The molecule has 0 bridgehead atoms. The second-order valence-corrected chi connectivity index (χ2v) is 5.16. The number of amides is 1. The third-order valence-electron chi connectivity index (χ3n) is 3.15. The molecule has 1 atom stereocenters. The van der Waals surface area contributed by atoms with Crippen molar-refractivity contribution in [3.8, 4) is 0 Å². The average molecular weight is 283 g/mol. The number of nitrogens with zero attached hydrogens (tertiary/aromatic N) is 1. The van der Waals surface area contributed by atoms with Gasteiger partial charge in [0.15, 0.2) is 0 Å². The van der Waals surface area contributed by atoms with Gasteiger partial charge in [0, 0.05) is 30.6 Å². The van der Waals surface area contributed by atoms with Gasteiger partial charge in [0.25, 0.3) is 0 Å². The molecule has 1 rings (SSSR count). The Balaban J connectivity index is 2.63. The number of hydrogen-bond donors (Lipinski definition) is 1. The maximum absolute atomic E-state index is 12.2. The second kappa shape index (κ2) is 8.18. The SMILES string of the molecule is CCCC(N)CC(=O)N(CC)Cc1ccccc1Cl. The number of nitrogens with two attached hydrogens (primary N) is 1. The number of carbonyl (C=O) groups is 1. The zero-order valence-electron chi connectivity index (χ0n) is 11.7. The Morgan fingerprint density at radius 2 is 2.05 bits per heavy atom. The molecule has 0 aliphatic rings. The van der Waals surface area contributed by atoms with E-state index in [4.69, 9.17) is 17.3 Å². The van der Waals surface area contributed by atoms with Crippen molar-refractivity contribution in [1.29, 1.82) is 0 Å². The first-order chi connectivity index (χ1) is 9.08. The predicted molar refractivity (Wildman–Crippen MR) is 80.0 cm³/mol. The number of halogens is 1. The smallest absolute Gasteiger partial charge is 0.224 e. The van der Waals surface area contributed by atoms with Crippen LogP contribution in [0.4, 0.5) is 0 Å². The molecule has 0 radical (unpaired) electrons. The lowest BCUT2D eigenvalue weighted by Crippen LogP contribution is -2.35. The number of carbonyl (C=O) groups excluding carboxylic acids is 1. The van der Waals surface area contributed by atoms with E-state index >= 15 is 0 Å². The van der Waals surface area contributed by atoms with Crippen LogP contribution in [0.1, 0.15) is 38.7 Å². The molecule has 3 nitrogen and oxygen atoms in total. The van der Waals surface area contributed by atoms with E-state index in [-0.39, 0.29) is 11.9 Å². The topological polar surface area (TPSA) is 46.3 Å². The summed E-state index contributed by atoms with van der Waals surface area (Å²) in [6, 6.07) is 7.57. The van der Waals surface area contributed by atoms with Gasteiger partial charge in [-0.15, -0.1) is 0 Å². The molecule has 0 fully saturated rings. The molecule has 106 valence electrons. The molecule has 0 saturated heterocycles. The molecule has 1 amide bonds. The molecule has 1 aromatic rings. The fourth-order valence-corrected chi connectivity index (χ4v) is 2.23. The van der Waals surface area contributed by atoms with Gasteiger partial charge in [-0.2, -0.15) is 0 Å². The van der Waals surface area contributed by atoms with Crippen molar-refractivity contribution in [2.45, 2.75) is 45.7 Å². The van der Waals surface area contributed by atoms with Gasteiger partial charge in [-0.3, -0.25) is 4.79 Å². The van der Waals surface area contributed by atoms with Crippen LogP contribution in [0, 0.1) is 0 Å². The Kier molecular flexibility index (Phi) is 6.89. The van der Waals surface area contributed by atoms with E-state index in [1.807, 2.05) is 31.2 Å². The van der Waals surface area contributed by atoms with Gasteiger partial charge in [0.05, 0.1) is 0 Å². The Morgan fingerprint density at radius 3 is 2.63 bits per heavy atom. The van der Waals surface area contributed by atoms with E-state index in [1.54, 1.807) is 4.90 Å². The van der Waals surface area contributed by atoms with Crippen molar-refractivity contribution in [3.05, 3.63) is 34.9 Å². The van der Waals surface area contributed by atoms with Crippen LogP contribution in [0.2, 0.25) is 5.02 Å². The summed E-state index contributed by atoms with van der Waals surface area (Å²) < 4.78 is 0. The number of benzene rings is 1. The quantitative estimate of drug-likeness (QED) is 0.835. The highest BCUT2D eigenvalue weighted by Gasteiger charge is 2.16. The van der Waals surface area contributed by atoms with Crippen LogP contribution in [0.15, 0.2) is 24.3 Å². The molecule has 19 heavy (non-hydrogen) atoms. The third-order valence-corrected chi connectivity index (χ3v) is 3.52. The fraction of sp³-hybridized carbons (Fsp3) is 0.533. The molecule has 1 unspecified atom stereocenters.